The summed E-state index contributed by atoms with van der Waals surface area (Å²) in [4.78, 5) is 24.4. The minimum absolute atomic E-state index is 0.0289. The summed E-state index contributed by atoms with van der Waals surface area (Å²) >= 11 is 0. The van der Waals surface area contributed by atoms with Gasteiger partial charge in [-0.1, -0.05) is 6.07 Å². The van der Waals surface area contributed by atoms with Gasteiger partial charge < -0.3 is 10.6 Å². The third kappa shape index (κ3) is 1.38. The van der Waals surface area contributed by atoms with Gasteiger partial charge in [0.1, 0.15) is 0 Å². The molecular weight excluding hydrogens is 192 g/mol. The Morgan fingerprint density at radius 2 is 2.27 bits per heavy atom. The van der Waals surface area contributed by atoms with Crippen molar-refractivity contribution >= 4 is 17.5 Å². The van der Waals surface area contributed by atoms with Gasteiger partial charge in [-0.05, 0) is 24.6 Å². The van der Waals surface area contributed by atoms with Crippen molar-refractivity contribution in [3.63, 3.8) is 0 Å². The summed E-state index contributed by atoms with van der Waals surface area (Å²) in [7, 11) is 0. The largest absolute Gasteiger partial charge is 0.366 e. The molecule has 4 heteroatoms. The van der Waals surface area contributed by atoms with Crippen LogP contribution in [0.25, 0.3) is 0 Å². The minimum Gasteiger partial charge on any atom is -0.366 e. The first kappa shape index (κ1) is 9.71. The van der Waals surface area contributed by atoms with E-state index < -0.39 is 5.91 Å². The summed E-state index contributed by atoms with van der Waals surface area (Å²) in [5.74, 6) is -0.446. The van der Waals surface area contributed by atoms with Gasteiger partial charge in [0.15, 0.2) is 0 Å². The van der Waals surface area contributed by atoms with Crippen molar-refractivity contribution in [1.82, 2.24) is 0 Å². The zero-order chi connectivity index (χ0) is 11.0. The average molecular weight is 204 g/mol. The van der Waals surface area contributed by atoms with Crippen molar-refractivity contribution in [3.8, 4) is 0 Å². The van der Waals surface area contributed by atoms with E-state index in [9.17, 15) is 9.59 Å². The van der Waals surface area contributed by atoms with Gasteiger partial charge >= 0.3 is 0 Å². The van der Waals surface area contributed by atoms with Crippen LogP contribution in [0.1, 0.15) is 22.8 Å². The maximum absolute atomic E-state index is 11.6. The van der Waals surface area contributed by atoms with Crippen LogP contribution in [0.4, 0.5) is 5.69 Å². The van der Waals surface area contributed by atoms with E-state index in [0.29, 0.717) is 12.1 Å². The van der Waals surface area contributed by atoms with E-state index in [-0.39, 0.29) is 12.3 Å². The van der Waals surface area contributed by atoms with Crippen LogP contribution in [0.5, 0.6) is 0 Å². The summed E-state index contributed by atoms with van der Waals surface area (Å²) < 4.78 is 0. The molecule has 1 aliphatic rings. The molecule has 1 heterocycles. The van der Waals surface area contributed by atoms with Crippen molar-refractivity contribution in [1.29, 1.82) is 0 Å². The second kappa shape index (κ2) is 3.38. The van der Waals surface area contributed by atoms with Crippen molar-refractivity contribution in [2.24, 2.45) is 5.73 Å². The Hall–Kier alpha value is -1.84. The zero-order valence-electron chi connectivity index (χ0n) is 8.49. The van der Waals surface area contributed by atoms with E-state index in [1.807, 2.05) is 13.0 Å². The van der Waals surface area contributed by atoms with Gasteiger partial charge in [0.25, 0.3) is 0 Å². The first-order chi connectivity index (χ1) is 7.15. The quantitative estimate of drug-likeness (QED) is 0.770. The normalized spacial score (nSPS) is 14.2. The Bertz CT molecular complexity index is 440. The van der Waals surface area contributed by atoms with Gasteiger partial charge in [0.05, 0.1) is 6.42 Å². The lowest BCUT2D eigenvalue weighted by molar-refractivity contribution is -0.117. The van der Waals surface area contributed by atoms with Crippen molar-refractivity contribution in [2.75, 3.05) is 11.4 Å². The molecule has 0 bridgehead atoms. The van der Waals surface area contributed by atoms with Crippen LogP contribution in [-0.4, -0.2) is 18.4 Å². The molecule has 1 aromatic rings. The highest BCUT2D eigenvalue weighted by atomic mass is 16.2. The van der Waals surface area contributed by atoms with E-state index in [2.05, 4.69) is 0 Å². The van der Waals surface area contributed by atoms with Gasteiger partial charge in [-0.15, -0.1) is 0 Å². The number of nitrogens with zero attached hydrogens (tertiary/aromatic N) is 1. The molecule has 0 aliphatic carbocycles. The standard InChI is InChI=1S/C11H12N2O2/c1-2-13-9-5-3-4-7(11(12)15)8(9)6-10(13)14/h3-5H,2,6H2,1H3,(H2,12,15). The Kier molecular flexibility index (Phi) is 2.19. The number of anilines is 1. The summed E-state index contributed by atoms with van der Waals surface area (Å²) in [5, 5.41) is 0. The number of benzene rings is 1. The lowest BCUT2D eigenvalue weighted by Gasteiger charge is -2.14. The highest BCUT2D eigenvalue weighted by molar-refractivity contribution is 6.06. The number of rotatable bonds is 2. The number of primary amides is 1. The summed E-state index contributed by atoms with van der Waals surface area (Å²) in [5.41, 5.74) is 7.29. The monoisotopic (exact) mass is 204 g/mol. The van der Waals surface area contributed by atoms with E-state index in [0.717, 1.165) is 11.3 Å². The Morgan fingerprint density at radius 3 is 2.87 bits per heavy atom. The molecule has 15 heavy (non-hydrogen) atoms. The Morgan fingerprint density at radius 1 is 1.53 bits per heavy atom. The maximum atomic E-state index is 11.6. The van der Waals surface area contributed by atoms with Crippen LogP contribution in [0, 0.1) is 0 Å². The molecule has 0 saturated heterocycles. The van der Waals surface area contributed by atoms with Gasteiger partial charge in [-0.25, -0.2) is 0 Å². The number of carbonyl (C=O) groups excluding carboxylic acids is 2. The molecule has 1 aromatic carbocycles. The molecular formula is C11H12N2O2. The zero-order valence-corrected chi connectivity index (χ0v) is 8.49. The third-order valence-electron chi connectivity index (χ3n) is 2.65. The maximum Gasteiger partial charge on any atom is 0.249 e. The van der Waals surface area contributed by atoms with E-state index >= 15 is 0 Å². The van der Waals surface area contributed by atoms with Gasteiger partial charge in [0, 0.05) is 17.8 Å². The Balaban J connectivity index is 2.57. The van der Waals surface area contributed by atoms with Crippen molar-refractivity contribution in [3.05, 3.63) is 29.3 Å². The average Bonchev–Trinajstić information content (AvgIpc) is 2.52. The second-order valence-corrected chi connectivity index (χ2v) is 3.48. The smallest absolute Gasteiger partial charge is 0.249 e. The number of likely N-dealkylation sites (N-methyl/N-ethyl adjacent to an activating group) is 1. The van der Waals surface area contributed by atoms with Crippen LogP contribution in [-0.2, 0) is 11.2 Å². The van der Waals surface area contributed by atoms with E-state index in [4.69, 9.17) is 5.73 Å². The summed E-state index contributed by atoms with van der Waals surface area (Å²) in [6, 6.07) is 5.25. The molecule has 0 fully saturated rings. The first-order valence-electron chi connectivity index (χ1n) is 4.87. The molecule has 0 unspecified atom stereocenters. The number of amides is 2. The SMILES string of the molecule is CCN1C(=O)Cc2c(C(N)=O)cccc21. The van der Waals surface area contributed by atoms with Gasteiger partial charge in [-0.2, -0.15) is 0 Å². The van der Waals surface area contributed by atoms with Gasteiger partial charge in [-0.3, -0.25) is 9.59 Å². The number of fused-ring (bicyclic) bond motifs is 1. The predicted molar refractivity (Wildman–Crippen MR) is 56.7 cm³/mol. The fourth-order valence-electron chi connectivity index (χ4n) is 1.97. The molecule has 0 radical (unpaired) electrons. The number of carbonyl (C=O) groups is 2. The molecule has 1 aliphatic heterocycles. The fraction of sp³-hybridized carbons (Fsp3) is 0.273. The minimum atomic E-state index is -0.474. The molecule has 0 saturated carbocycles. The molecule has 2 N–H and O–H groups in total. The van der Waals surface area contributed by atoms with Crippen molar-refractivity contribution < 1.29 is 9.59 Å². The van der Waals surface area contributed by atoms with Crippen LogP contribution >= 0.6 is 0 Å². The number of hydrogen-bond donors (Lipinski definition) is 1. The van der Waals surface area contributed by atoms with Crippen LogP contribution in [0.2, 0.25) is 0 Å². The lowest BCUT2D eigenvalue weighted by atomic mass is 10.0. The highest BCUT2D eigenvalue weighted by Gasteiger charge is 2.28. The van der Waals surface area contributed by atoms with E-state index in [1.54, 1.807) is 17.0 Å². The van der Waals surface area contributed by atoms with Crippen LogP contribution in [0.3, 0.4) is 0 Å². The fourth-order valence-corrected chi connectivity index (χ4v) is 1.97. The molecule has 78 valence electrons. The Labute approximate surface area is 87.7 Å². The predicted octanol–water partition coefficient (Wildman–Crippen LogP) is 0.694. The van der Waals surface area contributed by atoms with Gasteiger partial charge in [0.2, 0.25) is 11.8 Å². The highest BCUT2D eigenvalue weighted by Crippen LogP contribution is 2.30. The molecule has 4 nitrogen and oxygen atoms in total. The molecule has 2 amide bonds. The summed E-state index contributed by atoms with van der Waals surface area (Å²) in [6.45, 7) is 2.53. The topological polar surface area (TPSA) is 63.4 Å². The number of hydrogen-bond acceptors (Lipinski definition) is 2. The second-order valence-electron chi connectivity index (χ2n) is 3.48. The van der Waals surface area contributed by atoms with Crippen LogP contribution in [0.15, 0.2) is 18.2 Å². The van der Waals surface area contributed by atoms with E-state index in [1.165, 1.54) is 0 Å². The van der Waals surface area contributed by atoms with Crippen molar-refractivity contribution in [2.45, 2.75) is 13.3 Å². The third-order valence-corrected chi connectivity index (χ3v) is 2.65. The molecule has 2 rings (SSSR count). The lowest BCUT2D eigenvalue weighted by Crippen LogP contribution is -2.25. The molecule has 0 atom stereocenters. The van der Waals surface area contributed by atoms with Crippen LogP contribution < -0.4 is 10.6 Å². The summed E-state index contributed by atoms with van der Waals surface area (Å²) in [6.07, 6.45) is 0.280. The molecule has 0 spiro atoms. The first-order valence-corrected chi connectivity index (χ1v) is 4.87. The number of nitrogens with two attached hydrogens (primary N) is 1. The molecule has 0 aromatic heterocycles.